The number of cyclic esters (lactones) is 2. The van der Waals surface area contributed by atoms with Crippen LogP contribution in [0.3, 0.4) is 0 Å². The van der Waals surface area contributed by atoms with Gasteiger partial charge in [-0.1, -0.05) is 0 Å². The summed E-state index contributed by atoms with van der Waals surface area (Å²) < 4.78 is 10.3. The number of hydrogen-bond donors (Lipinski definition) is 2. The lowest BCUT2D eigenvalue weighted by molar-refractivity contribution is -0.143. The van der Waals surface area contributed by atoms with Crippen molar-refractivity contribution in [3.8, 4) is 0 Å². The molecule has 0 aromatic rings. The molecule has 6 nitrogen and oxygen atoms in total. The number of rotatable bonds is 0. The molecule has 1 heterocycles. The van der Waals surface area contributed by atoms with Crippen LogP contribution in [0.15, 0.2) is 24.3 Å². The van der Waals surface area contributed by atoms with E-state index in [1.165, 1.54) is 24.3 Å². The van der Waals surface area contributed by atoms with Crippen molar-refractivity contribution in [2.75, 3.05) is 0 Å². The summed E-state index contributed by atoms with van der Waals surface area (Å²) >= 11 is 0. The Labute approximate surface area is 130 Å². The molecule has 0 amide bonds. The van der Waals surface area contributed by atoms with Gasteiger partial charge >= 0.3 is 11.9 Å². The van der Waals surface area contributed by atoms with E-state index in [4.69, 9.17) is 9.47 Å². The van der Waals surface area contributed by atoms with Gasteiger partial charge in [-0.15, -0.1) is 0 Å². The van der Waals surface area contributed by atoms with Crippen LogP contribution < -0.4 is 0 Å². The quantitative estimate of drug-likeness (QED) is 0.654. The molecule has 6 heteroatoms. The molecule has 1 aliphatic rings. The third-order valence-corrected chi connectivity index (χ3v) is 3.28. The van der Waals surface area contributed by atoms with Crippen LogP contribution in [0.25, 0.3) is 0 Å². The van der Waals surface area contributed by atoms with E-state index in [-0.39, 0.29) is 12.2 Å². The summed E-state index contributed by atoms with van der Waals surface area (Å²) in [7, 11) is 0. The van der Waals surface area contributed by atoms with Gasteiger partial charge in [-0.3, -0.25) is 0 Å². The lowest BCUT2D eigenvalue weighted by atomic mass is 10.1. The number of carbonyl (C=O) groups is 2. The van der Waals surface area contributed by atoms with Crippen LogP contribution in [0.4, 0.5) is 0 Å². The molecule has 4 atom stereocenters. The summed E-state index contributed by atoms with van der Waals surface area (Å²) in [6, 6.07) is 0. The molecule has 1 rings (SSSR count). The number of carbonyl (C=O) groups excluding carboxylic acids is 2. The Bertz CT molecular complexity index is 388. The van der Waals surface area contributed by atoms with Gasteiger partial charge < -0.3 is 19.7 Å². The average Bonchev–Trinajstić information content (AvgIpc) is 2.46. The Balaban J connectivity index is 2.70. The summed E-state index contributed by atoms with van der Waals surface area (Å²) in [5, 5.41) is 19.5. The van der Waals surface area contributed by atoms with Crippen molar-refractivity contribution >= 4 is 11.9 Å². The highest BCUT2D eigenvalue weighted by Crippen LogP contribution is 2.10. The van der Waals surface area contributed by atoms with Crippen LogP contribution in [-0.4, -0.2) is 46.6 Å². The van der Waals surface area contributed by atoms with E-state index in [2.05, 4.69) is 0 Å². The highest BCUT2D eigenvalue weighted by atomic mass is 16.5. The van der Waals surface area contributed by atoms with E-state index in [1.807, 2.05) is 0 Å². The SMILES string of the molecule is C[C@@H]1CCC(O)/C=C/C(=O)O[C@H](C)CC[C@H](O)/C=C/C(=O)O1. The summed E-state index contributed by atoms with van der Waals surface area (Å²) in [5.74, 6) is -1.05. The predicted molar refractivity (Wildman–Crippen MR) is 79.9 cm³/mol. The highest BCUT2D eigenvalue weighted by Gasteiger charge is 2.13. The number of aliphatic hydroxyl groups is 2. The van der Waals surface area contributed by atoms with E-state index in [9.17, 15) is 19.8 Å². The molecule has 1 aliphatic heterocycles. The smallest absolute Gasteiger partial charge is 0.330 e. The maximum absolute atomic E-state index is 11.6. The Kier molecular flexibility index (Phi) is 7.84. The fourth-order valence-electron chi connectivity index (χ4n) is 1.98. The van der Waals surface area contributed by atoms with Crippen LogP contribution >= 0.6 is 0 Å². The molecule has 0 fully saturated rings. The minimum absolute atomic E-state index is 0.361. The summed E-state index contributed by atoms with van der Waals surface area (Å²) in [4.78, 5) is 23.1. The normalized spacial score (nSPS) is 35.3. The molecule has 0 radical (unpaired) electrons. The Morgan fingerprint density at radius 3 is 1.55 bits per heavy atom. The first kappa shape index (κ1) is 18.4. The maximum atomic E-state index is 11.6. The minimum atomic E-state index is -0.797. The van der Waals surface area contributed by atoms with Gasteiger partial charge in [0.25, 0.3) is 0 Å². The van der Waals surface area contributed by atoms with Crippen LogP contribution in [0.5, 0.6) is 0 Å². The van der Waals surface area contributed by atoms with E-state index >= 15 is 0 Å². The molecular formula is C16H24O6. The van der Waals surface area contributed by atoms with Gasteiger partial charge in [0.05, 0.1) is 24.4 Å². The molecule has 0 bridgehead atoms. The van der Waals surface area contributed by atoms with Crippen molar-refractivity contribution in [2.24, 2.45) is 0 Å². The first-order chi connectivity index (χ1) is 10.4. The summed E-state index contributed by atoms with van der Waals surface area (Å²) in [5.41, 5.74) is 0. The lowest BCUT2D eigenvalue weighted by Crippen LogP contribution is -2.18. The van der Waals surface area contributed by atoms with Crippen molar-refractivity contribution in [3.05, 3.63) is 24.3 Å². The van der Waals surface area contributed by atoms with Crippen LogP contribution in [0.2, 0.25) is 0 Å². The largest absolute Gasteiger partial charge is 0.460 e. The molecule has 0 saturated carbocycles. The van der Waals surface area contributed by atoms with Crippen molar-refractivity contribution in [1.29, 1.82) is 0 Å². The summed E-state index contributed by atoms with van der Waals surface area (Å²) in [6.07, 6.45) is 4.44. The molecule has 0 saturated heterocycles. The van der Waals surface area contributed by atoms with Gasteiger partial charge in [-0.2, -0.15) is 0 Å². The van der Waals surface area contributed by atoms with E-state index in [0.29, 0.717) is 25.7 Å². The fourth-order valence-corrected chi connectivity index (χ4v) is 1.98. The second kappa shape index (κ2) is 9.38. The topological polar surface area (TPSA) is 93.1 Å². The zero-order chi connectivity index (χ0) is 16.5. The van der Waals surface area contributed by atoms with Crippen molar-refractivity contribution in [1.82, 2.24) is 0 Å². The monoisotopic (exact) mass is 312 g/mol. The molecule has 0 aromatic carbocycles. The number of esters is 2. The van der Waals surface area contributed by atoms with Crippen LogP contribution in [0.1, 0.15) is 39.5 Å². The molecule has 2 N–H and O–H groups in total. The number of ether oxygens (including phenoxy) is 2. The first-order valence-electron chi connectivity index (χ1n) is 7.50. The minimum Gasteiger partial charge on any atom is -0.460 e. The predicted octanol–water partition coefficient (Wildman–Crippen LogP) is 1.26. The molecule has 0 aromatic heterocycles. The second-order valence-corrected chi connectivity index (χ2v) is 5.50. The maximum Gasteiger partial charge on any atom is 0.330 e. The molecular weight excluding hydrogens is 288 g/mol. The van der Waals surface area contributed by atoms with E-state index in [0.717, 1.165) is 0 Å². The molecule has 124 valence electrons. The zero-order valence-corrected chi connectivity index (χ0v) is 13.0. The van der Waals surface area contributed by atoms with Crippen molar-refractivity contribution < 1.29 is 29.3 Å². The zero-order valence-electron chi connectivity index (χ0n) is 13.0. The average molecular weight is 312 g/mol. The molecule has 1 unspecified atom stereocenters. The van der Waals surface area contributed by atoms with Gasteiger partial charge in [0.1, 0.15) is 0 Å². The number of hydrogen-bond acceptors (Lipinski definition) is 6. The third-order valence-electron chi connectivity index (χ3n) is 3.28. The van der Waals surface area contributed by atoms with Crippen LogP contribution in [0, 0.1) is 0 Å². The third kappa shape index (κ3) is 7.95. The standard InChI is InChI=1S/C16H24O6/c1-11-3-5-13(17)8-10-16(20)22-12(2)4-6-14(18)7-9-15(19)21-11/h7-14,17-18H,3-6H2,1-2H3/b9-7+,10-8+/t11-,12-,13+,14?/m1/s1. The van der Waals surface area contributed by atoms with E-state index < -0.39 is 24.1 Å². The van der Waals surface area contributed by atoms with Gasteiger partial charge in [-0.05, 0) is 51.7 Å². The van der Waals surface area contributed by atoms with E-state index in [1.54, 1.807) is 13.8 Å². The van der Waals surface area contributed by atoms with Gasteiger partial charge in [0, 0.05) is 12.2 Å². The summed E-state index contributed by atoms with van der Waals surface area (Å²) in [6.45, 7) is 3.44. The number of aliphatic hydroxyl groups excluding tert-OH is 2. The van der Waals surface area contributed by atoms with Gasteiger partial charge in [-0.25, -0.2) is 9.59 Å². The highest BCUT2D eigenvalue weighted by molar-refractivity contribution is 5.82. The Morgan fingerprint density at radius 2 is 1.18 bits per heavy atom. The van der Waals surface area contributed by atoms with Gasteiger partial charge in [0.15, 0.2) is 0 Å². The van der Waals surface area contributed by atoms with Crippen molar-refractivity contribution in [3.63, 3.8) is 0 Å². The molecule has 0 aliphatic carbocycles. The first-order valence-corrected chi connectivity index (χ1v) is 7.50. The fraction of sp³-hybridized carbons (Fsp3) is 0.625. The second-order valence-electron chi connectivity index (χ2n) is 5.50. The van der Waals surface area contributed by atoms with Gasteiger partial charge in [0.2, 0.25) is 0 Å². The van der Waals surface area contributed by atoms with Crippen molar-refractivity contribution in [2.45, 2.75) is 63.9 Å². The Morgan fingerprint density at radius 1 is 0.818 bits per heavy atom. The Hall–Kier alpha value is -1.66. The lowest BCUT2D eigenvalue weighted by Gasteiger charge is -2.15. The molecule has 0 spiro atoms. The van der Waals surface area contributed by atoms with Crippen LogP contribution in [-0.2, 0) is 19.1 Å². The molecule has 22 heavy (non-hydrogen) atoms.